The molecule has 0 atom stereocenters. The fraction of sp³-hybridized carbons (Fsp3) is 0.545. The van der Waals surface area contributed by atoms with Gasteiger partial charge in [0, 0.05) is 38.3 Å². The Labute approximate surface area is 171 Å². The average Bonchev–Trinajstić information content (AvgIpc) is 3.02. The molecule has 2 saturated heterocycles. The number of aromatic hydroxyl groups is 1. The highest BCUT2D eigenvalue weighted by Gasteiger charge is 2.31. The van der Waals surface area contributed by atoms with Crippen molar-refractivity contribution in [3.63, 3.8) is 0 Å². The van der Waals surface area contributed by atoms with E-state index in [0.29, 0.717) is 17.3 Å². The smallest absolute Gasteiger partial charge is 0.257 e. The monoisotopic (exact) mass is 398 g/mol. The summed E-state index contributed by atoms with van der Waals surface area (Å²) in [5.74, 6) is 0.217. The van der Waals surface area contributed by atoms with E-state index in [0.717, 1.165) is 63.2 Å². The molecule has 2 N–H and O–H groups in total. The zero-order valence-electron chi connectivity index (χ0n) is 17.2. The van der Waals surface area contributed by atoms with Crippen molar-refractivity contribution >= 4 is 5.91 Å². The molecule has 7 heteroatoms. The third-order valence-corrected chi connectivity index (χ3v) is 6.35. The number of aliphatic hydroxyl groups is 1. The van der Waals surface area contributed by atoms with Crippen LogP contribution in [0.1, 0.15) is 47.4 Å². The minimum atomic E-state index is -0.151. The summed E-state index contributed by atoms with van der Waals surface area (Å²) in [6.07, 6.45) is 3.50. The van der Waals surface area contributed by atoms with Crippen LogP contribution < -0.4 is 0 Å². The zero-order valence-corrected chi connectivity index (χ0v) is 17.2. The number of aromatic nitrogens is 2. The third kappa shape index (κ3) is 4.02. The van der Waals surface area contributed by atoms with E-state index in [1.807, 2.05) is 24.8 Å². The van der Waals surface area contributed by atoms with E-state index in [4.69, 9.17) is 0 Å². The van der Waals surface area contributed by atoms with Gasteiger partial charge >= 0.3 is 0 Å². The molecule has 7 nitrogen and oxygen atoms in total. The first-order valence-corrected chi connectivity index (χ1v) is 10.5. The number of piperidine rings is 2. The summed E-state index contributed by atoms with van der Waals surface area (Å²) in [6, 6.07) is 7.41. The second kappa shape index (κ2) is 8.16. The molecule has 1 amide bonds. The van der Waals surface area contributed by atoms with Crippen molar-refractivity contribution in [2.45, 2.75) is 51.7 Å². The van der Waals surface area contributed by atoms with Crippen LogP contribution in [0.5, 0.6) is 5.75 Å². The van der Waals surface area contributed by atoms with Crippen LogP contribution >= 0.6 is 0 Å². The Morgan fingerprint density at radius 1 is 1.07 bits per heavy atom. The maximum Gasteiger partial charge on any atom is 0.257 e. The number of hydrogen-bond donors (Lipinski definition) is 2. The number of hydrogen-bond acceptors (Lipinski definition) is 5. The molecular weight excluding hydrogens is 368 g/mol. The molecule has 29 heavy (non-hydrogen) atoms. The van der Waals surface area contributed by atoms with E-state index in [2.05, 4.69) is 10.00 Å². The van der Waals surface area contributed by atoms with Gasteiger partial charge in [0.25, 0.3) is 5.91 Å². The third-order valence-electron chi connectivity index (χ3n) is 6.35. The normalized spacial score (nSPS) is 19.6. The maximum absolute atomic E-state index is 13.3. The molecular formula is C22H30N4O3. The molecule has 0 radical (unpaired) electrons. The maximum atomic E-state index is 13.3. The van der Waals surface area contributed by atoms with Crippen molar-refractivity contribution in [1.29, 1.82) is 0 Å². The number of nitrogens with zero attached hydrogens (tertiary/aromatic N) is 4. The van der Waals surface area contributed by atoms with Gasteiger partial charge in [-0.2, -0.15) is 5.10 Å². The summed E-state index contributed by atoms with van der Waals surface area (Å²) in [4.78, 5) is 17.7. The van der Waals surface area contributed by atoms with Crippen LogP contribution in [-0.4, -0.2) is 74.0 Å². The highest BCUT2D eigenvalue weighted by atomic mass is 16.3. The van der Waals surface area contributed by atoms with Gasteiger partial charge in [0.05, 0.1) is 28.7 Å². The molecule has 2 aromatic rings. The Balaban J connectivity index is 1.45. The first-order chi connectivity index (χ1) is 13.9. The summed E-state index contributed by atoms with van der Waals surface area (Å²) in [6.45, 7) is 7.18. The van der Waals surface area contributed by atoms with Crippen LogP contribution in [0.4, 0.5) is 0 Å². The van der Waals surface area contributed by atoms with E-state index in [9.17, 15) is 15.0 Å². The van der Waals surface area contributed by atoms with Gasteiger partial charge < -0.3 is 20.0 Å². The van der Waals surface area contributed by atoms with Gasteiger partial charge in [0.2, 0.25) is 0 Å². The number of benzene rings is 1. The van der Waals surface area contributed by atoms with Crippen molar-refractivity contribution in [3.8, 4) is 11.4 Å². The number of likely N-dealkylation sites (tertiary alicyclic amines) is 2. The topological polar surface area (TPSA) is 81.8 Å². The van der Waals surface area contributed by atoms with Gasteiger partial charge in [-0.25, -0.2) is 4.68 Å². The van der Waals surface area contributed by atoms with E-state index < -0.39 is 0 Å². The summed E-state index contributed by atoms with van der Waals surface area (Å²) in [5.41, 5.74) is 2.91. The van der Waals surface area contributed by atoms with E-state index >= 15 is 0 Å². The molecule has 2 fully saturated rings. The fourth-order valence-electron chi connectivity index (χ4n) is 4.67. The lowest BCUT2D eigenvalue weighted by atomic mass is 9.98. The minimum Gasteiger partial charge on any atom is -0.508 e. The van der Waals surface area contributed by atoms with Crippen LogP contribution in [-0.2, 0) is 0 Å². The van der Waals surface area contributed by atoms with Crippen molar-refractivity contribution in [2.24, 2.45) is 0 Å². The lowest BCUT2D eigenvalue weighted by molar-refractivity contribution is 0.0356. The van der Waals surface area contributed by atoms with Crippen molar-refractivity contribution in [2.75, 3.05) is 26.2 Å². The minimum absolute atomic E-state index is 0.0407. The quantitative estimate of drug-likeness (QED) is 0.829. The lowest BCUT2D eigenvalue weighted by Crippen LogP contribution is -2.49. The molecule has 1 aromatic heterocycles. The summed E-state index contributed by atoms with van der Waals surface area (Å²) in [5, 5.41) is 24.0. The second-order valence-corrected chi connectivity index (χ2v) is 8.27. The Morgan fingerprint density at radius 2 is 1.76 bits per heavy atom. The average molecular weight is 399 g/mol. The van der Waals surface area contributed by atoms with Gasteiger partial charge in [-0.05, 0) is 51.7 Å². The number of phenols is 1. The molecule has 0 saturated carbocycles. The van der Waals surface area contributed by atoms with Crippen LogP contribution in [0.2, 0.25) is 0 Å². The molecule has 0 aliphatic carbocycles. The molecule has 156 valence electrons. The Hall–Kier alpha value is -2.38. The van der Waals surface area contributed by atoms with Crippen LogP contribution in [0.15, 0.2) is 24.3 Å². The number of aryl methyl sites for hydroxylation is 1. The van der Waals surface area contributed by atoms with E-state index in [1.54, 1.807) is 22.9 Å². The number of phenolic OH excluding ortho intramolecular Hbond substituents is 1. The van der Waals surface area contributed by atoms with Gasteiger partial charge in [-0.15, -0.1) is 0 Å². The van der Waals surface area contributed by atoms with Crippen LogP contribution in [0.3, 0.4) is 0 Å². The lowest BCUT2D eigenvalue weighted by Gasteiger charge is -2.41. The highest BCUT2D eigenvalue weighted by Crippen LogP contribution is 2.25. The Morgan fingerprint density at radius 3 is 2.41 bits per heavy atom. The first kappa shape index (κ1) is 19.9. The highest BCUT2D eigenvalue weighted by molar-refractivity contribution is 5.96. The largest absolute Gasteiger partial charge is 0.508 e. The standard InChI is InChI=1S/C22H30N4O3/c1-15-21(16(2)26(23-15)18-4-3-5-20(28)14-18)22(29)25-10-6-17(7-11-25)24-12-8-19(27)9-13-24/h3-5,14,17,19,27-28H,6-13H2,1-2H3. The number of carbonyl (C=O) groups is 1. The fourth-order valence-corrected chi connectivity index (χ4v) is 4.67. The van der Waals surface area contributed by atoms with Gasteiger partial charge in [0.15, 0.2) is 0 Å². The van der Waals surface area contributed by atoms with Crippen molar-refractivity contribution in [1.82, 2.24) is 19.6 Å². The Kier molecular flexibility index (Phi) is 5.61. The van der Waals surface area contributed by atoms with Gasteiger partial charge in [-0.1, -0.05) is 6.07 Å². The predicted octanol–water partition coefficient (Wildman–Crippen LogP) is 2.26. The van der Waals surface area contributed by atoms with Crippen molar-refractivity contribution in [3.05, 3.63) is 41.2 Å². The Bertz CT molecular complexity index is 878. The molecule has 4 rings (SSSR count). The molecule has 2 aliphatic heterocycles. The SMILES string of the molecule is Cc1nn(-c2cccc(O)c2)c(C)c1C(=O)N1CCC(N2CCC(O)CC2)CC1. The molecule has 3 heterocycles. The predicted molar refractivity (Wildman–Crippen MR) is 110 cm³/mol. The molecule has 0 spiro atoms. The summed E-state index contributed by atoms with van der Waals surface area (Å²) >= 11 is 0. The van der Waals surface area contributed by atoms with Crippen LogP contribution in [0, 0.1) is 13.8 Å². The van der Waals surface area contributed by atoms with Gasteiger partial charge in [-0.3, -0.25) is 4.79 Å². The number of amides is 1. The number of aliphatic hydroxyl groups excluding tert-OH is 1. The van der Waals surface area contributed by atoms with Crippen molar-refractivity contribution < 1.29 is 15.0 Å². The summed E-state index contributed by atoms with van der Waals surface area (Å²) < 4.78 is 1.73. The summed E-state index contributed by atoms with van der Waals surface area (Å²) in [7, 11) is 0. The van der Waals surface area contributed by atoms with Crippen LogP contribution in [0.25, 0.3) is 5.69 Å². The molecule has 1 aromatic carbocycles. The number of carbonyl (C=O) groups excluding carboxylic acids is 1. The first-order valence-electron chi connectivity index (χ1n) is 10.5. The van der Waals surface area contributed by atoms with E-state index in [1.165, 1.54) is 0 Å². The zero-order chi connectivity index (χ0) is 20.5. The van der Waals surface area contributed by atoms with Gasteiger partial charge in [0.1, 0.15) is 5.75 Å². The molecule has 0 unspecified atom stereocenters. The van der Waals surface area contributed by atoms with E-state index in [-0.39, 0.29) is 17.8 Å². The second-order valence-electron chi connectivity index (χ2n) is 8.27. The molecule has 0 bridgehead atoms. The molecule has 2 aliphatic rings. The number of rotatable bonds is 3.